The Morgan fingerprint density at radius 1 is 1.36 bits per heavy atom. The van der Waals surface area contributed by atoms with E-state index in [-0.39, 0.29) is 18.1 Å². The molecule has 0 unspecified atom stereocenters. The van der Waals surface area contributed by atoms with Gasteiger partial charge in [0, 0.05) is 37.9 Å². The molecule has 1 aromatic heterocycles. The Kier molecular flexibility index (Phi) is 6.15. The highest BCUT2D eigenvalue weighted by atomic mass is 16.5. The van der Waals surface area contributed by atoms with E-state index in [0.29, 0.717) is 11.4 Å². The zero-order valence-corrected chi connectivity index (χ0v) is 13.5. The molecule has 1 saturated heterocycles. The Balaban J connectivity index is 1.82. The zero-order valence-electron chi connectivity index (χ0n) is 13.5. The number of amides is 1. The maximum Gasteiger partial charge on any atom is 0.253 e. The van der Waals surface area contributed by atoms with Gasteiger partial charge in [-0.3, -0.25) is 9.69 Å². The minimum Gasteiger partial charge on any atom is -0.475 e. The number of rotatable bonds is 6. The van der Waals surface area contributed by atoms with Crippen molar-refractivity contribution in [1.29, 1.82) is 0 Å². The molecule has 0 bridgehead atoms. The summed E-state index contributed by atoms with van der Waals surface area (Å²) in [7, 11) is 0. The van der Waals surface area contributed by atoms with Crippen LogP contribution in [-0.2, 0) is 4.74 Å². The van der Waals surface area contributed by atoms with Gasteiger partial charge in [-0.05, 0) is 26.8 Å². The average molecular weight is 307 g/mol. The Labute approximate surface area is 131 Å². The summed E-state index contributed by atoms with van der Waals surface area (Å²) in [6.45, 7) is 10.1. The summed E-state index contributed by atoms with van der Waals surface area (Å²) in [6.07, 6.45) is 1.62. The SMILES string of the molecule is CC(C)Oc1ccc(C(=O)N[C@@H](C)CN2CCOCC2)cn1. The molecule has 1 fully saturated rings. The van der Waals surface area contributed by atoms with Gasteiger partial charge in [0.25, 0.3) is 5.91 Å². The molecule has 1 aliphatic heterocycles. The van der Waals surface area contributed by atoms with E-state index in [1.54, 1.807) is 18.3 Å². The van der Waals surface area contributed by atoms with Gasteiger partial charge in [0.2, 0.25) is 5.88 Å². The van der Waals surface area contributed by atoms with Crippen LogP contribution in [0.2, 0.25) is 0 Å². The number of carbonyl (C=O) groups excluding carboxylic acids is 1. The van der Waals surface area contributed by atoms with Gasteiger partial charge in [0.05, 0.1) is 24.9 Å². The van der Waals surface area contributed by atoms with E-state index < -0.39 is 0 Å². The van der Waals surface area contributed by atoms with E-state index in [1.807, 2.05) is 20.8 Å². The molecular weight excluding hydrogens is 282 g/mol. The van der Waals surface area contributed by atoms with Crippen LogP contribution in [0.25, 0.3) is 0 Å². The third kappa shape index (κ3) is 5.27. The Morgan fingerprint density at radius 3 is 2.68 bits per heavy atom. The van der Waals surface area contributed by atoms with Gasteiger partial charge in [-0.15, -0.1) is 0 Å². The van der Waals surface area contributed by atoms with Crippen LogP contribution in [0.3, 0.4) is 0 Å². The lowest BCUT2D eigenvalue weighted by Gasteiger charge is -2.29. The van der Waals surface area contributed by atoms with Crippen molar-refractivity contribution in [2.45, 2.75) is 32.9 Å². The number of hydrogen-bond donors (Lipinski definition) is 1. The highest BCUT2D eigenvalue weighted by molar-refractivity contribution is 5.94. The first-order valence-corrected chi connectivity index (χ1v) is 7.78. The van der Waals surface area contributed by atoms with Crippen LogP contribution >= 0.6 is 0 Å². The van der Waals surface area contributed by atoms with Crippen molar-refractivity contribution in [2.75, 3.05) is 32.8 Å². The predicted octanol–water partition coefficient (Wildman–Crippen LogP) is 1.32. The van der Waals surface area contributed by atoms with Gasteiger partial charge in [0.15, 0.2) is 0 Å². The molecule has 1 atom stereocenters. The largest absolute Gasteiger partial charge is 0.475 e. The van der Waals surface area contributed by atoms with Crippen LogP contribution in [-0.4, -0.2) is 60.8 Å². The first kappa shape index (κ1) is 16.7. The quantitative estimate of drug-likeness (QED) is 0.859. The van der Waals surface area contributed by atoms with Crippen LogP contribution < -0.4 is 10.1 Å². The molecule has 0 saturated carbocycles. The fourth-order valence-corrected chi connectivity index (χ4v) is 2.35. The molecule has 0 spiro atoms. The van der Waals surface area contributed by atoms with Crippen LogP contribution in [0.4, 0.5) is 0 Å². The third-order valence-corrected chi connectivity index (χ3v) is 3.37. The number of ether oxygens (including phenoxy) is 2. The molecule has 122 valence electrons. The molecule has 1 amide bonds. The molecule has 0 aromatic carbocycles. The highest BCUT2D eigenvalue weighted by Gasteiger charge is 2.16. The van der Waals surface area contributed by atoms with E-state index in [2.05, 4.69) is 15.2 Å². The molecule has 2 rings (SSSR count). The topological polar surface area (TPSA) is 63.7 Å². The van der Waals surface area contributed by atoms with Gasteiger partial charge < -0.3 is 14.8 Å². The van der Waals surface area contributed by atoms with Crippen molar-refractivity contribution < 1.29 is 14.3 Å². The Morgan fingerprint density at radius 2 is 2.09 bits per heavy atom. The van der Waals surface area contributed by atoms with Gasteiger partial charge in [0.1, 0.15) is 0 Å². The zero-order chi connectivity index (χ0) is 15.9. The second-order valence-electron chi connectivity index (χ2n) is 5.84. The third-order valence-electron chi connectivity index (χ3n) is 3.37. The van der Waals surface area contributed by atoms with Crippen molar-refractivity contribution in [2.24, 2.45) is 0 Å². The Hall–Kier alpha value is -1.66. The molecule has 1 aromatic rings. The van der Waals surface area contributed by atoms with Gasteiger partial charge >= 0.3 is 0 Å². The summed E-state index contributed by atoms with van der Waals surface area (Å²) >= 11 is 0. The Bertz CT molecular complexity index is 470. The van der Waals surface area contributed by atoms with Gasteiger partial charge in [-0.1, -0.05) is 0 Å². The van der Waals surface area contributed by atoms with Crippen molar-refractivity contribution in [3.8, 4) is 5.88 Å². The van der Waals surface area contributed by atoms with Crippen LogP contribution in [0.5, 0.6) is 5.88 Å². The number of hydrogen-bond acceptors (Lipinski definition) is 5. The van der Waals surface area contributed by atoms with Crippen LogP contribution in [0, 0.1) is 0 Å². The molecule has 6 heteroatoms. The number of pyridine rings is 1. The number of nitrogens with zero attached hydrogens (tertiary/aromatic N) is 2. The molecule has 1 aliphatic rings. The lowest BCUT2D eigenvalue weighted by molar-refractivity contribution is 0.0342. The second kappa shape index (κ2) is 8.10. The molecule has 22 heavy (non-hydrogen) atoms. The van der Waals surface area contributed by atoms with E-state index in [9.17, 15) is 4.79 Å². The number of aromatic nitrogens is 1. The summed E-state index contributed by atoms with van der Waals surface area (Å²) in [5.74, 6) is 0.428. The molecule has 0 radical (unpaired) electrons. The van der Waals surface area contributed by atoms with Crippen LogP contribution in [0.1, 0.15) is 31.1 Å². The normalized spacial score (nSPS) is 17.3. The molecule has 6 nitrogen and oxygen atoms in total. The minimum absolute atomic E-state index is 0.0701. The summed E-state index contributed by atoms with van der Waals surface area (Å²) in [5, 5.41) is 3.00. The summed E-state index contributed by atoms with van der Waals surface area (Å²) in [4.78, 5) is 18.6. The van der Waals surface area contributed by atoms with Crippen molar-refractivity contribution in [3.05, 3.63) is 23.9 Å². The first-order valence-electron chi connectivity index (χ1n) is 7.78. The van der Waals surface area contributed by atoms with Crippen molar-refractivity contribution in [3.63, 3.8) is 0 Å². The van der Waals surface area contributed by atoms with Crippen molar-refractivity contribution in [1.82, 2.24) is 15.2 Å². The summed E-state index contributed by atoms with van der Waals surface area (Å²) in [5.41, 5.74) is 0.546. The van der Waals surface area contributed by atoms with Gasteiger partial charge in [-0.25, -0.2) is 4.98 Å². The minimum atomic E-state index is -0.107. The van der Waals surface area contributed by atoms with Crippen molar-refractivity contribution >= 4 is 5.91 Å². The molecule has 2 heterocycles. The molecular formula is C16H25N3O3. The maximum absolute atomic E-state index is 12.2. The monoisotopic (exact) mass is 307 g/mol. The van der Waals surface area contributed by atoms with E-state index in [4.69, 9.17) is 9.47 Å². The highest BCUT2D eigenvalue weighted by Crippen LogP contribution is 2.09. The summed E-state index contributed by atoms with van der Waals surface area (Å²) in [6, 6.07) is 3.54. The van der Waals surface area contributed by atoms with Crippen LogP contribution in [0.15, 0.2) is 18.3 Å². The predicted molar refractivity (Wildman–Crippen MR) is 84.2 cm³/mol. The standard InChI is InChI=1S/C16H25N3O3/c1-12(2)22-15-5-4-14(10-17-15)16(20)18-13(3)11-19-6-8-21-9-7-19/h4-5,10,12-13H,6-9,11H2,1-3H3,(H,18,20)/t13-/m0/s1. The first-order chi connectivity index (χ1) is 10.5. The average Bonchev–Trinajstić information content (AvgIpc) is 2.48. The smallest absolute Gasteiger partial charge is 0.253 e. The fraction of sp³-hybridized carbons (Fsp3) is 0.625. The van der Waals surface area contributed by atoms with E-state index in [0.717, 1.165) is 32.8 Å². The summed E-state index contributed by atoms with van der Waals surface area (Å²) < 4.78 is 10.8. The maximum atomic E-state index is 12.2. The fourth-order valence-electron chi connectivity index (χ4n) is 2.35. The van der Waals surface area contributed by atoms with Gasteiger partial charge in [-0.2, -0.15) is 0 Å². The molecule has 1 N–H and O–H groups in total. The number of nitrogens with one attached hydrogen (secondary N) is 1. The lowest BCUT2D eigenvalue weighted by Crippen LogP contribution is -2.46. The van der Waals surface area contributed by atoms with E-state index in [1.165, 1.54) is 0 Å². The second-order valence-corrected chi connectivity index (χ2v) is 5.84. The van der Waals surface area contributed by atoms with E-state index >= 15 is 0 Å². The molecule has 0 aliphatic carbocycles. The number of carbonyl (C=O) groups is 1. The lowest BCUT2D eigenvalue weighted by atomic mass is 10.2. The number of morpholine rings is 1.